The molecule has 1 heterocycles. The first-order chi connectivity index (χ1) is 8.13. The van der Waals surface area contributed by atoms with Crippen LogP contribution in [-0.2, 0) is 4.79 Å². The Labute approximate surface area is 97.8 Å². The number of pyridine rings is 1. The molecule has 5 heteroatoms. The maximum atomic E-state index is 10.9. The van der Waals surface area contributed by atoms with Gasteiger partial charge < -0.3 is 15.6 Å². The van der Waals surface area contributed by atoms with Gasteiger partial charge in [-0.25, -0.2) is 0 Å². The van der Waals surface area contributed by atoms with Crippen LogP contribution in [0.25, 0.3) is 10.8 Å². The van der Waals surface area contributed by atoms with Crippen LogP contribution in [0.3, 0.4) is 0 Å². The van der Waals surface area contributed by atoms with Gasteiger partial charge in [0.05, 0.1) is 12.8 Å². The van der Waals surface area contributed by atoms with E-state index in [-0.39, 0.29) is 0 Å². The molecular formula is C12H12N2O3. The minimum absolute atomic E-state index is 0.342. The molecule has 0 aliphatic carbocycles. The Hall–Kier alpha value is -2.14. The van der Waals surface area contributed by atoms with E-state index in [0.29, 0.717) is 16.8 Å². The monoisotopic (exact) mass is 232 g/mol. The number of aromatic nitrogens is 1. The lowest BCUT2D eigenvalue weighted by Gasteiger charge is -2.10. The first-order valence-electron chi connectivity index (χ1n) is 5.04. The number of hydrogen-bond acceptors (Lipinski definition) is 4. The lowest BCUT2D eigenvalue weighted by Crippen LogP contribution is -2.22. The second-order valence-electron chi connectivity index (χ2n) is 3.60. The number of carbonyl (C=O) groups is 1. The Kier molecular flexibility index (Phi) is 2.93. The molecule has 0 bridgehead atoms. The molecule has 0 radical (unpaired) electrons. The largest absolute Gasteiger partial charge is 0.497 e. The molecule has 0 aliphatic heterocycles. The number of hydrogen-bond donors (Lipinski definition) is 2. The third-order valence-electron chi connectivity index (χ3n) is 2.56. The number of benzene rings is 1. The van der Waals surface area contributed by atoms with Crippen molar-refractivity contribution in [2.45, 2.75) is 6.04 Å². The summed E-state index contributed by atoms with van der Waals surface area (Å²) < 4.78 is 5.10. The summed E-state index contributed by atoms with van der Waals surface area (Å²) in [6.07, 6.45) is 1.55. The molecule has 17 heavy (non-hydrogen) atoms. The van der Waals surface area contributed by atoms with Crippen molar-refractivity contribution >= 4 is 16.7 Å². The van der Waals surface area contributed by atoms with Gasteiger partial charge in [-0.3, -0.25) is 9.78 Å². The van der Waals surface area contributed by atoms with Crippen LogP contribution in [0.1, 0.15) is 11.7 Å². The molecule has 2 rings (SSSR count). The van der Waals surface area contributed by atoms with Gasteiger partial charge in [-0.05, 0) is 23.6 Å². The van der Waals surface area contributed by atoms with Gasteiger partial charge in [0.2, 0.25) is 0 Å². The molecular weight excluding hydrogens is 220 g/mol. The van der Waals surface area contributed by atoms with Crippen LogP contribution in [-0.4, -0.2) is 23.2 Å². The van der Waals surface area contributed by atoms with Crippen molar-refractivity contribution in [1.29, 1.82) is 0 Å². The van der Waals surface area contributed by atoms with Gasteiger partial charge >= 0.3 is 5.97 Å². The average molecular weight is 232 g/mol. The standard InChI is InChI=1S/C12H12N2O3/c1-17-8-3-2-7-4-5-14-11(9(7)6-8)10(13)12(15)16/h2-6,10H,13H2,1H3,(H,15,16). The molecule has 1 atom stereocenters. The Balaban J connectivity index is 2.66. The Bertz CT molecular complexity index is 569. The molecule has 0 saturated heterocycles. The average Bonchev–Trinajstić information content (AvgIpc) is 2.36. The highest BCUT2D eigenvalue weighted by Crippen LogP contribution is 2.25. The molecule has 1 unspecified atom stereocenters. The highest BCUT2D eigenvalue weighted by atomic mass is 16.5. The molecule has 2 aromatic rings. The number of nitrogens with two attached hydrogens (primary N) is 1. The normalized spacial score (nSPS) is 12.4. The number of aliphatic carboxylic acids is 1. The molecule has 1 aromatic carbocycles. The molecule has 0 aliphatic rings. The number of carboxylic acid groups (broad SMARTS) is 1. The lowest BCUT2D eigenvalue weighted by atomic mass is 10.1. The summed E-state index contributed by atoms with van der Waals surface area (Å²) in [6.45, 7) is 0. The Morgan fingerprint density at radius 1 is 1.47 bits per heavy atom. The Morgan fingerprint density at radius 3 is 2.88 bits per heavy atom. The van der Waals surface area contributed by atoms with Gasteiger partial charge in [-0.2, -0.15) is 0 Å². The van der Waals surface area contributed by atoms with Gasteiger partial charge in [0.15, 0.2) is 0 Å². The topological polar surface area (TPSA) is 85.4 Å². The first kappa shape index (κ1) is 11.3. The summed E-state index contributed by atoms with van der Waals surface area (Å²) in [5.41, 5.74) is 5.93. The third kappa shape index (κ3) is 2.05. The van der Waals surface area contributed by atoms with Gasteiger partial charge in [-0.1, -0.05) is 6.07 Å². The van der Waals surface area contributed by atoms with Crippen LogP contribution in [0.2, 0.25) is 0 Å². The summed E-state index contributed by atoms with van der Waals surface area (Å²) in [6, 6.07) is 6.05. The number of ether oxygens (including phenoxy) is 1. The van der Waals surface area contributed by atoms with Gasteiger partial charge in [0.25, 0.3) is 0 Å². The first-order valence-corrected chi connectivity index (χ1v) is 5.04. The lowest BCUT2D eigenvalue weighted by molar-refractivity contribution is -0.138. The minimum atomic E-state index is -1.13. The van der Waals surface area contributed by atoms with Crippen LogP contribution in [0.5, 0.6) is 5.75 Å². The van der Waals surface area contributed by atoms with E-state index in [0.717, 1.165) is 5.39 Å². The smallest absolute Gasteiger partial charge is 0.326 e. The van der Waals surface area contributed by atoms with Crippen molar-refractivity contribution in [2.75, 3.05) is 7.11 Å². The highest BCUT2D eigenvalue weighted by molar-refractivity contribution is 5.89. The molecule has 0 amide bonds. The fourth-order valence-electron chi connectivity index (χ4n) is 1.66. The van der Waals surface area contributed by atoms with Crippen molar-refractivity contribution in [1.82, 2.24) is 4.98 Å². The minimum Gasteiger partial charge on any atom is -0.497 e. The van der Waals surface area contributed by atoms with Crippen molar-refractivity contribution in [3.63, 3.8) is 0 Å². The number of fused-ring (bicyclic) bond motifs is 1. The maximum absolute atomic E-state index is 10.9. The van der Waals surface area contributed by atoms with Crippen molar-refractivity contribution < 1.29 is 14.6 Å². The predicted octanol–water partition coefficient (Wildman–Crippen LogP) is 1.33. The SMILES string of the molecule is COc1ccc2ccnc(C(N)C(=O)O)c2c1. The second kappa shape index (κ2) is 4.39. The highest BCUT2D eigenvalue weighted by Gasteiger charge is 2.18. The van der Waals surface area contributed by atoms with Crippen molar-refractivity contribution in [3.05, 3.63) is 36.2 Å². The molecule has 0 spiro atoms. The van der Waals surface area contributed by atoms with E-state index >= 15 is 0 Å². The number of carboxylic acids is 1. The van der Waals surface area contributed by atoms with Gasteiger partial charge in [0.1, 0.15) is 11.8 Å². The van der Waals surface area contributed by atoms with Gasteiger partial charge in [-0.15, -0.1) is 0 Å². The molecule has 88 valence electrons. The van der Waals surface area contributed by atoms with E-state index < -0.39 is 12.0 Å². The summed E-state index contributed by atoms with van der Waals surface area (Å²) in [4.78, 5) is 14.9. The Morgan fingerprint density at radius 2 is 2.24 bits per heavy atom. The summed E-state index contributed by atoms with van der Waals surface area (Å²) >= 11 is 0. The predicted molar refractivity (Wildman–Crippen MR) is 62.9 cm³/mol. The summed E-state index contributed by atoms with van der Waals surface area (Å²) in [7, 11) is 1.55. The number of nitrogens with zero attached hydrogens (tertiary/aromatic N) is 1. The van der Waals surface area contributed by atoms with Crippen LogP contribution in [0.4, 0.5) is 0 Å². The van der Waals surface area contributed by atoms with E-state index in [1.165, 1.54) is 0 Å². The van der Waals surface area contributed by atoms with Crippen LogP contribution in [0, 0.1) is 0 Å². The van der Waals surface area contributed by atoms with Crippen LogP contribution < -0.4 is 10.5 Å². The molecule has 1 aromatic heterocycles. The number of rotatable bonds is 3. The molecule has 0 saturated carbocycles. The zero-order valence-electron chi connectivity index (χ0n) is 9.25. The van der Waals surface area contributed by atoms with E-state index in [2.05, 4.69) is 4.98 Å². The summed E-state index contributed by atoms with van der Waals surface area (Å²) in [5, 5.41) is 10.5. The molecule has 0 fully saturated rings. The van der Waals surface area contributed by atoms with E-state index in [1.54, 1.807) is 31.5 Å². The quantitative estimate of drug-likeness (QED) is 0.833. The molecule has 3 N–H and O–H groups in total. The van der Waals surface area contributed by atoms with Gasteiger partial charge in [0, 0.05) is 11.6 Å². The van der Waals surface area contributed by atoms with E-state index in [9.17, 15) is 4.79 Å². The fourth-order valence-corrected chi connectivity index (χ4v) is 1.66. The van der Waals surface area contributed by atoms with Crippen molar-refractivity contribution in [3.8, 4) is 5.75 Å². The van der Waals surface area contributed by atoms with E-state index in [4.69, 9.17) is 15.6 Å². The maximum Gasteiger partial charge on any atom is 0.326 e. The second-order valence-corrected chi connectivity index (χ2v) is 3.60. The number of methoxy groups -OCH3 is 1. The van der Waals surface area contributed by atoms with Crippen molar-refractivity contribution in [2.24, 2.45) is 5.73 Å². The van der Waals surface area contributed by atoms with Crippen LogP contribution in [0.15, 0.2) is 30.5 Å². The fraction of sp³-hybridized carbons (Fsp3) is 0.167. The third-order valence-corrected chi connectivity index (χ3v) is 2.56. The van der Waals surface area contributed by atoms with Crippen LogP contribution >= 0.6 is 0 Å². The van der Waals surface area contributed by atoms with E-state index in [1.807, 2.05) is 6.07 Å². The molecule has 5 nitrogen and oxygen atoms in total. The zero-order valence-corrected chi connectivity index (χ0v) is 9.25. The summed E-state index contributed by atoms with van der Waals surface area (Å²) in [5.74, 6) is -0.461. The zero-order chi connectivity index (χ0) is 12.4.